The van der Waals surface area contributed by atoms with E-state index < -0.39 is 11.8 Å². The highest BCUT2D eigenvalue weighted by molar-refractivity contribution is 9.10. The van der Waals surface area contributed by atoms with Gasteiger partial charge in [0.25, 0.3) is 0 Å². The number of nitrogens with zero attached hydrogens (tertiary/aromatic N) is 2. The Morgan fingerprint density at radius 1 is 1.35 bits per heavy atom. The highest BCUT2D eigenvalue weighted by Gasteiger charge is 2.18. The van der Waals surface area contributed by atoms with E-state index in [0.717, 1.165) is 0 Å². The van der Waals surface area contributed by atoms with Crippen LogP contribution < -0.4 is 0 Å². The van der Waals surface area contributed by atoms with Crippen molar-refractivity contribution in [3.8, 4) is 5.13 Å². The van der Waals surface area contributed by atoms with E-state index in [1.165, 1.54) is 11.3 Å². The molecular weight excluding hydrogens is 383 g/mol. The number of rotatable bonds is 4. The van der Waals surface area contributed by atoms with Gasteiger partial charge in [0.15, 0.2) is 5.13 Å². The van der Waals surface area contributed by atoms with Crippen LogP contribution in [0.4, 0.5) is 4.39 Å². The van der Waals surface area contributed by atoms with Gasteiger partial charge in [0.2, 0.25) is 0 Å². The molecule has 0 bridgehead atoms. The van der Waals surface area contributed by atoms with Crippen molar-refractivity contribution < 1.29 is 13.9 Å². The number of hydrogen-bond acceptors (Lipinski definition) is 4. The van der Waals surface area contributed by atoms with Gasteiger partial charge in [0.05, 0.1) is 10.2 Å². The first-order valence-electron chi connectivity index (χ1n) is 6.77. The standard InChI is InChI=1S/C16H12BrFN2O2S/c1-10-14(23-16(19-10)20-7-2-3-8-20)15(21)22-9-11-5-4-6-12(17)13(11)18/h2-8H,9H2,1H3. The predicted molar refractivity (Wildman–Crippen MR) is 89.4 cm³/mol. The zero-order chi connectivity index (χ0) is 16.4. The van der Waals surface area contributed by atoms with Crippen LogP contribution in [0.2, 0.25) is 0 Å². The third-order valence-corrected chi connectivity index (χ3v) is 4.95. The second-order valence-electron chi connectivity index (χ2n) is 4.79. The monoisotopic (exact) mass is 394 g/mol. The molecule has 0 N–H and O–H groups in total. The van der Waals surface area contributed by atoms with Gasteiger partial charge in [-0.3, -0.25) is 0 Å². The number of hydrogen-bond donors (Lipinski definition) is 0. The molecule has 0 fully saturated rings. The fourth-order valence-corrected chi connectivity index (χ4v) is 3.35. The Bertz CT molecular complexity index is 846. The van der Waals surface area contributed by atoms with E-state index in [4.69, 9.17) is 4.74 Å². The topological polar surface area (TPSA) is 44.1 Å². The summed E-state index contributed by atoms with van der Waals surface area (Å²) in [5.74, 6) is -0.924. The van der Waals surface area contributed by atoms with Gasteiger partial charge >= 0.3 is 5.97 Å². The van der Waals surface area contributed by atoms with Crippen LogP contribution in [0.5, 0.6) is 0 Å². The molecule has 3 rings (SSSR count). The Kier molecular flexibility index (Phi) is 4.58. The molecule has 2 aromatic heterocycles. The molecule has 0 atom stereocenters. The summed E-state index contributed by atoms with van der Waals surface area (Å²) in [6.45, 7) is 1.63. The van der Waals surface area contributed by atoms with Crippen molar-refractivity contribution in [1.29, 1.82) is 0 Å². The van der Waals surface area contributed by atoms with Crippen LogP contribution in [-0.2, 0) is 11.3 Å². The smallest absolute Gasteiger partial charge is 0.350 e. The average Bonchev–Trinajstić information content (AvgIpc) is 3.17. The quantitative estimate of drug-likeness (QED) is 0.611. The van der Waals surface area contributed by atoms with E-state index in [1.807, 2.05) is 29.1 Å². The first-order valence-corrected chi connectivity index (χ1v) is 8.38. The second-order valence-corrected chi connectivity index (χ2v) is 6.62. The molecule has 0 aliphatic carbocycles. The summed E-state index contributed by atoms with van der Waals surface area (Å²) in [5.41, 5.74) is 0.916. The highest BCUT2D eigenvalue weighted by Crippen LogP contribution is 2.24. The van der Waals surface area contributed by atoms with Gasteiger partial charge in [-0.1, -0.05) is 23.5 Å². The van der Waals surface area contributed by atoms with Gasteiger partial charge in [-0.15, -0.1) is 0 Å². The molecule has 23 heavy (non-hydrogen) atoms. The van der Waals surface area contributed by atoms with E-state index in [2.05, 4.69) is 20.9 Å². The summed E-state index contributed by atoms with van der Waals surface area (Å²) in [7, 11) is 0. The van der Waals surface area contributed by atoms with Crippen molar-refractivity contribution in [2.45, 2.75) is 13.5 Å². The van der Waals surface area contributed by atoms with Crippen LogP contribution >= 0.6 is 27.3 Å². The van der Waals surface area contributed by atoms with Crippen LogP contribution in [0.1, 0.15) is 20.9 Å². The van der Waals surface area contributed by atoms with Gasteiger partial charge < -0.3 is 9.30 Å². The Hall–Kier alpha value is -1.99. The van der Waals surface area contributed by atoms with E-state index >= 15 is 0 Å². The van der Waals surface area contributed by atoms with Crippen molar-refractivity contribution in [1.82, 2.24) is 9.55 Å². The molecule has 118 valence electrons. The summed E-state index contributed by atoms with van der Waals surface area (Å²) >= 11 is 4.35. The molecule has 0 spiro atoms. The van der Waals surface area contributed by atoms with Crippen molar-refractivity contribution in [2.24, 2.45) is 0 Å². The summed E-state index contributed by atoms with van der Waals surface area (Å²) in [6.07, 6.45) is 3.70. The van der Waals surface area contributed by atoms with Crippen LogP contribution in [0, 0.1) is 12.7 Å². The molecule has 4 nitrogen and oxygen atoms in total. The maximum absolute atomic E-state index is 13.9. The molecule has 1 aromatic carbocycles. The molecule has 0 amide bonds. The summed E-state index contributed by atoms with van der Waals surface area (Å²) in [5, 5.41) is 0.688. The third-order valence-electron chi connectivity index (χ3n) is 3.19. The van der Waals surface area contributed by atoms with Crippen molar-refractivity contribution >= 4 is 33.2 Å². The number of aromatic nitrogens is 2. The molecule has 0 unspecified atom stereocenters. The second kappa shape index (κ2) is 6.64. The van der Waals surface area contributed by atoms with Crippen molar-refractivity contribution in [3.05, 3.63) is 69.1 Å². The first kappa shape index (κ1) is 15.9. The molecule has 0 saturated carbocycles. The maximum atomic E-state index is 13.9. The van der Waals surface area contributed by atoms with Crippen LogP contribution in [0.25, 0.3) is 5.13 Å². The minimum Gasteiger partial charge on any atom is -0.456 e. The minimum absolute atomic E-state index is 0.125. The molecule has 3 aromatic rings. The van der Waals surface area contributed by atoms with E-state index in [9.17, 15) is 9.18 Å². The number of esters is 1. The highest BCUT2D eigenvalue weighted by atomic mass is 79.9. The van der Waals surface area contributed by atoms with Crippen LogP contribution in [-0.4, -0.2) is 15.5 Å². The zero-order valence-electron chi connectivity index (χ0n) is 12.1. The fraction of sp³-hybridized carbons (Fsp3) is 0.125. The number of halogens is 2. The van der Waals surface area contributed by atoms with Gasteiger partial charge in [0.1, 0.15) is 17.3 Å². The summed E-state index contributed by atoms with van der Waals surface area (Å²) in [4.78, 5) is 17.0. The van der Waals surface area contributed by atoms with Gasteiger partial charge in [0, 0.05) is 18.0 Å². The van der Waals surface area contributed by atoms with E-state index in [1.54, 1.807) is 25.1 Å². The zero-order valence-corrected chi connectivity index (χ0v) is 14.5. The largest absolute Gasteiger partial charge is 0.456 e. The Morgan fingerprint density at radius 2 is 2.09 bits per heavy atom. The summed E-state index contributed by atoms with van der Waals surface area (Å²) < 4.78 is 21.3. The molecule has 0 saturated heterocycles. The number of carbonyl (C=O) groups is 1. The lowest BCUT2D eigenvalue weighted by molar-refractivity contribution is 0.0473. The fourth-order valence-electron chi connectivity index (χ4n) is 2.01. The lowest BCUT2D eigenvalue weighted by atomic mass is 10.2. The van der Waals surface area contributed by atoms with Gasteiger partial charge in [-0.05, 0) is 41.1 Å². The molecule has 0 aliphatic rings. The predicted octanol–water partition coefficient (Wildman–Crippen LogP) is 4.50. The lowest BCUT2D eigenvalue weighted by Crippen LogP contribution is -2.06. The number of ether oxygens (including phenoxy) is 1. The Balaban J connectivity index is 1.75. The maximum Gasteiger partial charge on any atom is 0.350 e. The third kappa shape index (κ3) is 3.35. The van der Waals surface area contributed by atoms with Crippen LogP contribution in [0.3, 0.4) is 0 Å². The Morgan fingerprint density at radius 3 is 2.83 bits per heavy atom. The summed E-state index contributed by atoms with van der Waals surface area (Å²) in [6, 6.07) is 8.63. The molecule has 7 heteroatoms. The average molecular weight is 395 g/mol. The molecule has 2 heterocycles. The number of carbonyl (C=O) groups excluding carboxylic acids is 1. The first-order chi connectivity index (χ1) is 11.1. The Labute approximate surface area is 144 Å². The van der Waals surface area contributed by atoms with Crippen molar-refractivity contribution in [3.63, 3.8) is 0 Å². The van der Waals surface area contributed by atoms with E-state index in [0.29, 0.717) is 25.7 Å². The van der Waals surface area contributed by atoms with Gasteiger partial charge in [-0.25, -0.2) is 14.2 Å². The molecule has 0 radical (unpaired) electrons. The lowest BCUT2D eigenvalue weighted by Gasteiger charge is -2.06. The van der Waals surface area contributed by atoms with Gasteiger partial charge in [-0.2, -0.15) is 0 Å². The minimum atomic E-state index is -0.502. The number of benzene rings is 1. The van der Waals surface area contributed by atoms with Crippen LogP contribution in [0.15, 0.2) is 47.2 Å². The molecular formula is C16H12BrFN2O2S. The van der Waals surface area contributed by atoms with Crippen molar-refractivity contribution in [2.75, 3.05) is 0 Å². The normalized spacial score (nSPS) is 10.7. The SMILES string of the molecule is Cc1nc(-n2cccc2)sc1C(=O)OCc1cccc(Br)c1F. The molecule has 0 aliphatic heterocycles. The number of thiazole rings is 1. The van der Waals surface area contributed by atoms with E-state index in [-0.39, 0.29) is 6.61 Å². The number of aryl methyl sites for hydroxylation is 1.